The van der Waals surface area contributed by atoms with Crippen molar-refractivity contribution < 1.29 is 62.6 Å². The third-order valence-corrected chi connectivity index (χ3v) is 27.2. The highest BCUT2D eigenvalue weighted by molar-refractivity contribution is 7.13. The van der Waals surface area contributed by atoms with E-state index in [2.05, 4.69) is 155 Å². The summed E-state index contributed by atoms with van der Waals surface area (Å²) >= 11 is 3.18. The number of aromatic nitrogens is 8. The number of carboxylic acids is 1. The van der Waals surface area contributed by atoms with Crippen LogP contribution < -0.4 is 31.5 Å². The number of nitrogens with zero attached hydrogens (tertiary/aromatic N) is 12. The lowest BCUT2D eigenvalue weighted by Gasteiger charge is -2.35. The van der Waals surface area contributed by atoms with Gasteiger partial charge < -0.3 is 84.3 Å². The van der Waals surface area contributed by atoms with Gasteiger partial charge in [0.1, 0.15) is 42.9 Å². The Bertz CT molecular complexity index is 5900. The number of carbonyl (C=O) groups excluding carboxylic acids is 5. The van der Waals surface area contributed by atoms with Crippen molar-refractivity contribution in [1.29, 1.82) is 0 Å². The number of aliphatic hydroxyl groups is 2. The standard InChI is InChI=1S/C53H66N8O6S.C30H36N4O4.C23H32N4O3S/c1-34-14-15-41(48-36(3)58-67-38(48)5)28-45(34)60(43-22-20-42(21-23-43)59-26-24-54-32-59)25-12-10-9-11-13-27-66-31-47(63)57-50(53(6,7)8)52(65)61-30-44(62)29-46(61)51(64)56-35(2)39-16-18-40(19-17-39)49-37(4)55-33-68-49;1-22-9-10-25(30-23(2)32-38-24(30)3)19-28(22)34(16-7-5-4-6-8-18-37-20-29(35)36)27-13-11-26(12-14-27)33-17-15-31-21-33;1-13(15-6-8-16(9-7-15)19-14(2)25-12-31-19)26-21(29)18-10-17(28)11-27(18)22(30)20(24)23(3,4)5/h14-24,26,28,32-33,35,44,46,50,62H,9-13,25,27,29-31H2,1-8H3,(H,56,64)(H,57,63);9-15,17,19,21H,4-8,16,18,20H2,1-3H3,(H,35,36);6-9,12-13,17-18,20,28H,10-11,24H2,1-5H3,(H,26,29)/t35-,44+,46-,50+;;13-,17+,18-,20+/m0.0/s1. The molecule has 0 unspecified atom stereocenters. The molecule has 0 saturated carbocycles. The second-order valence-corrected chi connectivity index (χ2v) is 39.7. The number of nitrogens with one attached hydrogen (secondary N) is 3. The molecule has 6 aromatic carbocycles. The Morgan fingerprint density at radius 2 is 0.891 bits per heavy atom. The number of β-amino-alcohol motifs (C(OH)–C–C–N with tert-alkyl or cyclic N) is 2. The largest absolute Gasteiger partial charge is 0.480 e. The average Bonchev–Trinajstić information content (AvgIpc) is 1.51. The van der Waals surface area contributed by atoms with Crippen molar-refractivity contribution in [2.24, 2.45) is 16.6 Å². The van der Waals surface area contributed by atoms with Crippen LogP contribution in [0.5, 0.6) is 0 Å². The van der Waals surface area contributed by atoms with Gasteiger partial charge in [0.05, 0.1) is 86.5 Å². The van der Waals surface area contributed by atoms with Gasteiger partial charge in [-0.25, -0.2) is 24.7 Å². The van der Waals surface area contributed by atoms with Crippen LogP contribution in [-0.2, 0) is 38.2 Å². The molecule has 2 aliphatic heterocycles. The quantitative estimate of drug-likeness (QED) is 0.0176. The van der Waals surface area contributed by atoms with Crippen LogP contribution in [0.25, 0.3) is 54.5 Å². The van der Waals surface area contributed by atoms with Gasteiger partial charge >= 0.3 is 5.97 Å². The van der Waals surface area contributed by atoms with Crippen molar-refractivity contribution >= 4 is 80.9 Å². The second kappa shape index (κ2) is 48.1. The van der Waals surface area contributed by atoms with Crippen molar-refractivity contribution in [2.75, 3.05) is 62.4 Å². The number of carbonyl (C=O) groups is 6. The number of thiazole rings is 2. The Kier molecular flexibility index (Phi) is 36.4. The summed E-state index contributed by atoms with van der Waals surface area (Å²) in [6, 6.07) is 42.3. The molecule has 0 bridgehead atoms. The maximum Gasteiger partial charge on any atom is 0.329 e. The van der Waals surface area contributed by atoms with E-state index in [0.29, 0.717) is 13.2 Å². The molecule has 0 radical (unpaired) electrons. The minimum Gasteiger partial charge on any atom is -0.480 e. The molecule has 5 amide bonds. The molecule has 12 aromatic rings. The summed E-state index contributed by atoms with van der Waals surface area (Å²) in [5, 5.41) is 46.8. The molecular formula is C106H134N16O13S2. The molecule has 8 heterocycles. The smallest absolute Gasteiger partial charge is 0.329 e. The van der Waals surface area contributed by atoms with E-state index >= 15 is 0 Å². The fourth-order valence-corrected chi connectivity index (χ4v) is 19.0. The maximum absolute atomic E-state index is 14.2. The first-order valence-corrected chi connectivity index (χ1v) is 49.1. The topological polar surface area (TPSA) is 370 Å². The number of rotatable bonds is 39. The number of carboxylic acid groups (broad SMARTS) is 1. The number of hydrogen-bond acceptors (Lipinski definition) is 23. The van der Waals surface area contributed by atoms with Crippen molar-refractivity contribution in [3.05, 3.63) is 238 Å². The fraction of sp³-hybridized carbons (Fsp3) is 0.434. The van der Waals surface area contributed by atoms with Crippen molar-refractivity contribution in [3.63, 3.8) is 0 Å². The van der Waals surface area contributed by atoms with E-state index in [4.69, 9.17) is 29.4 Å². The normalized spacial score (nSPS) is 15.7. The number of ether oxygens (including phenoxy) is 2. The van der Waals surface area contributed by atoms with E-state index in [9.17, 15) is 39.0 Å². The monoisotopic (exact) mass is 1900 g/mol. The third-order valence-electron chi connectivity index (χ3n) is 25.3. The van der Waals surface area contributed by atoms with Crippen LogP contribution in [0, 0.1) is 66.2 Å². The van der Waals surface area contributed by atoms with E-state index in [1.807, 2.05) is 178 Å². The summed E-state index contributed by atoms with van der Waals surface area (Å²) in [7, 11) is 0. The highest BCUT2D eigenvalue weighted by atomic mass is 32.1. The lowest BCUT2D eigenvalue weighted by Crippen LogP contribution is -2.58. The molecule has 8 atom stereocenters. The van der Waals surface area contributed by atoms with Gasteiger partial charge in [0.25, 0.3) is 0 Å². The van der Waals surface area contributed by atoms with Crippen LogP contribution in [0.1, 0.15) is 201 Å². The molecule has 2 saturated heterocycles. The predicted octanol–water partition coefficient (Wildman–Crippen LogP) is 18.6. The molecule has 8 N–H and O–H groups in total. The van der Waals surface area contributed by atoms with Gasteiger partial charge in [0.2, 0.25) is 29.5 Å². The molecule has 728 valence electrons. The molecule has 6 aromatic heterocycles. The Balaban J connectivity index is 0.000000205. The first-order chi connectivity index (χ1) is 65.5. The lowest BCUT2D eigenvalue weighted by molar-refractivity contribution is -0.144. The van der Waals surface area contributed by atoms with Gasteiger partial charge in [-0.15, -0.1) is 22.7 Å². The zero-order valence-electron chi connectivity index (χ0n) is 81.8. The van der Waals surface area contributed by atoms with Gasteiger partial charge in [-0.2, -0.15) is 0 Å². The number of amides is 5. The molecular weight excluding hydrogens is 1770 g/mol. The minimum atomic E-state index is -0.935. The number of imidazole rings is 2. The summed E-state index contributed by atoms with van der Waals surface area (Å²) in [4.78, 5) is 104. The van der Waals surface area contributed by atoms with Crippen molar-refractivity contribution in [1.82, 2.24) is 65.1 Å². The first kappa shape index (κ1) is 104. The van der Waals surface area contributed by atoms with Gasteiger partial charge in [-0.3, -0.25) is 24.0 Å². The molecule has 29 nitrogen and oxygen atoms in total. The maximum atomic E-state index is 14.2. The number of anilines is 4. The first-order valence-electron chi connectivity index (χ1n) is 47.3. The Morgan fingerprint density at radius 3 is 1.26 bits per heavy atom. The average molecular weight is 1900 g/mol. The number of nitrogens with two attached hydrogens (primary N) is 1. The number of hydrogen-bond donors (Lipinski definition) is 7. The van der Waals surface area contributed by atoms with Crippen molar-refractivity contribution in [2.45, 2.75) is 236 Å². The highest BCUT2D eigenvalue weighted by Gasteiger charge is 2.46. The van der Waals surface area contributed by atoms with Crippen LogP contribution in [0.4, 0.5) is 22.7 Å². The summed E-state index contributed by atoms with van der Waals surface area (Å²) in [5.41, 5.74) is 29.7. The molecule has 14 rings (SSSR count). The third kappa shape index (κ3) is 27.6. The zero-order chi connectivity index (χ0) is 98.4. The SMILES string of the molecule is Cc1ccc(-c2c(C)noc2C)cc1N(CCCCCCCOCC(=O)N[C@H](C(=O)N1C[C@H](O)C[C@H]1C(=O)N[C@@H](C)c1ccc(-c2scnc2C)cc1)C(C)(C)C)c1ccc(-n2ccnc2)cc1.Cc1ccc(-c2c(C)noc2C)cc1N(CCCCCCCOCC(=O)O)c1ccc(-n2ccnc2)cc1.Cc1ncsc1-c1ccc([C@H](C)NC(=O)[C@@H]2C[C@@H](O)CN2C(=O)[C@@H](N)C(C)(C)C)cc1. The van der Waals surface area contributed by atoms with Gasteiger partial charge in [0.15, 0.2) is 0 Å². The van der Waals surface area contributed by atoms with Crippen LogP contribution in [0.15, 0.2) is 191 Å². The number of unbranched alkanes of at least 4 members (excludes halogenated alkanes) is 8. The van der Waals surface area contributed by atoms with Gasteiger partial charge in [0, 0.05) is 122 Å². The molecule has 2 aliphatic rings. The number of aryl methyl sites for hydroxylation is 8. The Labute approximate surface area is 812 Å². The van der Waals surface area contributed by atoms with E-state index in [1.165, 1.54) is 26.6 Å². The summed E-state index contributed by atoms with van der Waals surface area (Å²) in [6.45, 7) is 33.5. The molecule has 31 heteroatoms. The summed E-state index contributed by atoms with van der Waals surface area (Å²) < 4.78 is 25.9. The van der Waals surface area contributed by atoms with E-state index in [-0.39, 0.29) is 69.0 Å². The summed E-state index contributed by atoms with van der Waals surface area (Å²) in [5.74, 6) is -1.05. The van der Waals surface area contributed by atoms with Gasteiger partial charge in [-0.05, 0) is 211 Å². The second-order valence-electron chi connectivity index (χ2n) is 38.0. The Hall–Kier alpha value is -12.4. The van der Waals surface area contributed by atoms with Crippen LogP contribution in [0.2, 0.25) is 0 Å². The number of aliphatic hydroxyl groups excluding tert-OH is 2. The molecule has 137 heavy (non-hydrogen) atoms. The zero-order valence-corrected chi connectivity index (χ0v) is 83.4. The lowest BCUT2D eigenvalue weighted by atomic mass is 9.85. The number of likely N-dealkylation sites (tertiary alicyclic amines) is 2. The van der Waals surface area contributed by atoms with Crippen LogP contribution in [0.3, 0.4) is 0 Å². The molecule has 0 spiro atoms. The molecule has 0 aliphatic carbocycles. The predicted molar refractivity (Wildman–Crippen MR) is 538 cm³/mol. The van der Waals surface area contributed by atoms with E-state index < -0.39 is 65.0 Å². The van der Waals surface area contributed by atoms with Crippen molar-refractivity contribution in [3.8, 4) is 54.5 Å². The molecule has 2 fully saturated rings. The highest BCUT2D eigenvalue weighted by Crippen LogP contribution is 2.40. The number of aliphatic carboxylic acids is 1. The Morgan fingerprint density at radius 1 is 0.496 bits per heavy atom. The fourth-order valence-electron chi connectivity index (χ4n) is 17.4. The summed E-state index contributed by atoms with van der Waals surface area (Å²) in [6.07, 6.45) is 19.6. The van der Waals surface area contributed by atoms with Crippen LogP contribution in [-0.4, -0.2) is 189 Å². The van der Waals surface area contributed by atoms with E-state index in [1.54, 1.807) is 47.7 Å². The van der Waals surface area contributed by atoms with Crippen LogP contribution >= 0.6 is 22.7 Å². The number of benzene rings is 6. The van der Waals surface area contributed by atoms with E-state index in [0.717, 1.165) is 194 Å². The van der Waals surface area contributed by atoms with Gasteiger partial charge in [-0.1, -0.05) is 163 Å². The minimum absolute atomic E-state index is 0.00150.